The molecule has 2 aromatic carbocycles. The Morgan fingerprint density at radius 2 is 2.07 bits per heavy atom. The maximum atomic E-state index is 11.7. The van der Waals surface area contributed by atoms with Crippen LogP contribution in [0.15, 0.2) is 48.8 Å². The smallest absolute Gasteiger partial charge is 0.230 e. The van der Waals surface area contributed by atoms with E-state index in [4.69, 9.17) is 9.52 Å². The van der Waals surface area contributed by atoms with Gasteiger partial charge in [0, 0.05) is 28.1 Å². The van der Waals surface area contributed by atoms with E-state index in [1.54, 1.807) is 0 Å². The van der Waals surface area contributed by atoms with Gasteiger partial charge in [-0.15, -0.1) is 0 Å². The van der Waals surface area contributed by atoms with Crippen LogP contribution in [0.1, 0.15) is 11.1 Å². The van der Waals surface area contributed by atoms with Crippen LogP contribution in [0.2, 0.25) is 0 Å². The Kier molecular flexibility index (Phi) is 4.49. The summed E-state index contributed by atoms with van der Waals surface area (Å²) in [4.78, 5) is 13.0. The van der Waals surface area contributed by atoms with Crippen LogP contribution in [0.3, 0.4) is 0 Å². The van der Waals surface area contributed by atoms with E-state index in [1.807, 2.05) is 36.4 Å². The fourth-order valence-electron chi connectivity index (χ4n) is 3.06. The highest BCUT2D eigenvalue weighted by molar-refractivity contribution is 7.90. The number of hydrogen-bond donors (Lipinski definition) is 2. The molecule has 0 radical (unpaired) electrons. The lowest BCUT2D eigenvalue weighted by Crippen LogP contribution is -2.02. The number of anilines is 2. The van der Waals surface area contributed by atoms with Crippen molar-refractivity contribution in [2.45, 2.75) is 12.2 Å². The molecule has 3 aromatic rings. The van der Waals surface area contributed by atoms with Crippen LogP contribution in [0.5, 0.6) is 5.75 Å². The second-order valence-electron chi connectivity index (χ2n) is 6.50. The van der Waals surface area contributed by atoms with Crippen LogP contribution in [-0.4, -0.2) is 32.0 Å². The molecule has 0 aliphatic carbocycles. The summed E-state index contributed by atoms with van der Waals surface area (Å²) in [6.45, 7) is 0.673. The number of nitrogens with one attached hydrogen (secondary N) is 2. The number of fused-ring (bicyclic) bond motifs is 1. The van der Waals surface area contributed by atoms with Crippen molar-refractivity contribution in [3.8, 4) is 17.1 Å². The molecule has 0 saturated heterocycles. The zero-order valence-electron chi connectivity index (χ0n) is 14.8. The van der Waals surface area contributed by atoms with Gasteiger partial charge in [0.05, 0.1) is 17.9 Å². The summed E-state index contributed by atoms with van der Waals surface area (Å²) in [5.41, 5.74) is 3.60. The molecule has 8 heteroatoms. The fraction of sp³-hybridized carbons (Fsp3) is 0.211. The van der Waals surface area contributed by atoms with Crippen molar-refractivity contribution in [1.29, 1.82) is 4.78 Å². The molecule has 1 unspecified atom stereocenters. The van der Waals surface area contributed by atoms with E-state index in [-0.39, 0.29) is 5.75 Å². The quantitative estimate of drug-likeness (QED) is 0.702. The van der Waals surface area contributed by atoms with Gasteiger partial charge in [-0.3, -0.25) is 4.78 Å². The minimum Gasteiger partial charge on any atom is -0.492 e. The maximum Gasteiger partial charge on any atom is 0.230 e. The highest BCUT2D eigenvalue weighted by atomic mass is 32.2. The number of hydrogen-bond acceptors (Lipinski definition) is 7. The van der Waals surface area contributed by atoms with Crippen molar-refractivity contribution in [2.24, 2.45) is 0 Å². The summed E-state index contributed by atoms with van der Waals surface area (Å²) in [6.07, 6.45) is 3.79. The molecule has 1 aliphatic heterocycles. The summed E-state index contributed by atoms with van der Waals surface area (Å²) >= 11 is 0. The van der Waals surface area contributed by atoms with E-state index in [2.05, 4.69) is 26.3 Å². The number of benzene rings is 2. The maximum absolute atomic E-state index is 11.7. The van der Waals surface area contributed by atoms with Crippen molar-refractivity contribution in [3.63, 3.8) is 0 Å². The Hall–Kier alpha value is -3.00. The number of ether oxygens (including phenoxy) is 1. The van der Waals surface area contributed by atoms with Crippen molar-refractivity contribution in [2.75, 3.05) is 18.2 Å². The van der Waals surface area contributed by atoms with E-state index in [0.29, 0.717) is 18.4 Å². The van der Waals surface area contributed by atoms with Crippen LogP contribution >= 0.6 is 0 Å². The SMILES string of the molecule is CS(=N)(=O)Cc1cccc(Nc2ncnc(-c3cccc4c3OCC4)n2)c1. The summed E-state index contributed by atoms with van der Waals surface area (Å²) in [7, 11) is -2.60. The third-order valence-corrected chi connectivity index (χ3v) is 5.04. The molecule has 0 spiro atoms. The lowest BCUT2D eigenvalue weighted by atomic mass is 10.1. The van der Waals surface area contributed by atoms with Crippen LogP contribution < -0.4 is 10.1 Å². The Balaban J connectivity index is 1.61. The van der Waals surface area contributed by atoms with Gasteiger partial charge in [0.25, 0.3) is 0 Å². The number of para-hydroxylation sites is 1. The van der Waals surface area contributed by atoms with Gasteiger partial charge in [0.15, 0.2) is 5.82 Å². The van der Waals surface area contributed by atoms with Crippen molar-refractivity contribution in [1.82, 2.24) is 15.0 Å². The Morgan fingerprint density at radius 3 is 2.93 bits per heavy atom. The zero-order valence-corrected chi connectivity index (χ0v) is 15.6. The lowest BCUT2D eigenvalue weighted by Gasteiger charge is -2.10. The highest BCUT2D eigenvalue weighted by Gasteiger charge is 2.18. The molecule has 138 valence electrons. The molecular formula is C19H19N5O2S. The third-order valence-electron chi connectivity index (χ3n) is 4.15. The molecule has 1 aliphatic rings. The molecule has 1 aromatic heterocycles. The third kappa shape index (κ3) is 4.06. The minimum absolute atomic E-state index is 0.207. The molecule has 7 nitrogen and oxygen atoms in total. The summed E-state index contributed by atoms with van der Waals surface area (Å²) < 4.78 is 25.1. The molecule has 0 saturated carbocycles. The van der Waals surface area contributed by atoms with Gasteiger partial charge in [-0.25, -0.2) is 14.2 Å². The molecule has 2 N–H and O–H groups in total. The average molecular weight is 381 g/mol. The monoisotopic (exact) mass is 381 g/mol. The summed E-state index contributed by atoms with van der Waals surface area (Å²) in [6, 6.07) is 13.4. The predicted molar refractivity (Wildman–Crippen MR) is 105 cm³/mol. The molecule has 2 heterocycles. The number of nitrogens with zero attached hydrogens (tertiary/aromatic N) is 3. The molecule has 0 bridgehead atoms. The first-order valence-corrected chi connectivity index (χ1v) is 10.6. The molecular weight excluding hydrogens is 362 g/mol. The Bertz CT molecular complexity index is 1100. The van der Waals surface area contributed by atoms with E-state index < -0.39 is 9.73 Å². The van der Waals surface area contributed by atoms with Gasteiger partial charge < -0.3 is 10.1 Å². The van der Waals surface area contributed by atoms with Crippen LogP contribution in [0.4, 0.5) is 11.6 Å². The first-order valence-electron chi connectivity index (χ1n) is 8.49. The first-order chi connectivity index (χ1) is 13.0. The summed E-state index contributed by atoms with van der Waals surface area (Å²) in [5, 5.41) is 3.15. The van der Waals surface area contributed by atoms with Gasteiger partial charge in [0.2, 0.25) is 5.95 Å². The molecule has 27 heavy (non-hydrogen) atoms. The fourth-order valence-corrected chi connectivity index (χ4v) is 3.88. The van der Waals surface area contributed by atoms with Crippen LogP contribution in [-0.2, 0) is 21.9 Å². The molecule has 1 atom stereocenters. The molecule has 4 rings (SSSR count). The standard InChI is InChI=1S/C19H19N5O2S/c1-27(20,25)11-13-4-2-6-15(10-13)23-19-22-12-21-18(24-19)16-7-3-5-14-8-9-26-17(14)16/h2-7,10,12,20H,8-9,11H2,1H3,(H,21,22,23,24). The van der Waals surface area contributed by atoms with E-state index in [0.717, 1.165) is 34.5 Å². The van der Waals surface area contributed by atoms with Crippen molar-refractivity contribution >= 4 is 21.4 Å². The predicted octanol–water partition coefficient (Wildman–Crippen LogP) is 3.39. The second kappa shape index (κ2) is 6.96. The Labute approximate surface area is 157 Å². The first kappa shape index (κ1) is 17.4. The van der Waals surface area contributed by atoms with Gasteiger partial charge >= 0.3 is 0 Å². The van der Waals surface area contributed by atoms with E-state index in [9.17, 15) is 4.21 Å². The van der Waals surface area contributed by atoms with Gasteiger partial charge in [-0.1, -0.05) is 24.3 Å². The van der Waals surface area contributed by atoms with Crippen molar-refractivity contribution < 1.29 is 8.95 Å². The van der Waals surface area contributed by atoms with E-state index >= 15 is 0 Å². The Morgan fingerprint density at radius 1 is 1.22 bits per heavy atom. The molecule has 0 amide bonds. The normalized spacial score (nSPS) is 14.9. The van der Waals surface area contributed by atoms with Gasteiger partial charge in [-0.2, -0.15) is 4.98 Å². The van der Waals surface area contributed by atoms with Gasteiger partial charge in [-0.05, 0) is 29.3 Å². The second-order valence-corrected chi connectivity index (χ2v) is 8.80. The zero-order chi connectivity index (χ0) is 18.9. The summed E-state index contributed by atoms with van der Waals surface area (Å²) in [5.74, 6) is 2.00. The topological polar surface area (TPSA) is 101 Å². The highest BCUT2D eigenvalue weighted by Crippen LogP contribution is 2.35. The van der Waals surface area contributed by atoms with E-state index in [1.165, 1.54) is 12.6 Å². The number of aromatic nitrogens is 3. The lowest BCUT2D eigenvalue weighted by molar-refractivity contribution is 0.358. The van der Waals surface area contributed by atoms with Crippen LogP contribution in [0.25, 0.3) is 11.4 Å². The largest absolute Gasteiger partial charge is 0.492 e. The molecule has 0 fully saturated rings. The number of rotatable bonds is 5. The average Bonchev–Trinajstić information content (AvgIpc) is 3.09. The van der Waals surface area contributed by atoms with Crippen molar-refractivity contribution in [3.05, 3.63) is 59.9 Å². The van der Waals surface area contributed by atoms with Gasteiger partial charge in [0.1, 0.15) is 12.1 Å². The van der Waals surface area contributed by atoms with Crippen LogP contribution in [0, 0.1) is 4.78 Å². The minimum atomic E-state index is -2.60.